The molecule has 10 bridgehead atoms. The van der Waals surface area contributed by atoms with Crippen LogP contribution >= 0.6 is 22.1 Å². The summed E-state index contributed by atoms with van der Waals surface area (Å²) >= 11 is 0. The molecule has 13 atom stereocenters. The first kappa shape index (κ1) is 18.3. The predicted molar refractivity (Wildman–Crippen MR) is 140 cm³/mol. The Bertz CT molecular complexity index is 954. The molecule has 13 unspecified atom stereocenters. The molecule has 6 aliphatic heterocycles. The Balaban J connectivity index is 1.42. The first-order chi connectivity index (χ1) is 12.8. The maximum atomic E-state index is 2.84. The van der Waals surface area contributed by atoms with Gasteiger partial charge in [0.05, 0.1) is 24.2 Å². The normalized spacial score (nSPS) is 68.2. The van der Waals surface area contributed by atoms with E-state index in [1.54, 1.807) is 12.8 Å². The van der Waals surface area contributed by atoms with Gasteiger partial charge < -0.3 is 0 Å². The van der Waals surface area contributed by atoms with E-state index in [0.29, 0.717) is 15.5 Å². The third-order valence-corrected chi connectivity index (χ3v) is 50.7. The van der Waals surface area contributed by atoms with Crippen molar-refractivity contribution in [1.82, 2.24) is 0 Å². The standard InChI is InChI=1S/C22H39P3Si3/c1-26(2,3)20-23-14-10-12-16(21(12,23)27(4,5)6)18(14)25(20)19-15-11-13-17(19)22(13,24(15)25)28(7,8)9/h12-19H,10-11H2,1-9H3. The van der Waals surface area contributed by atoms with Gasteiger partial charge in [-0.25, -0.2) is 0 Å². The Kier molecular flexibility index (Phi) is 2.74. The predicted octanol–water partition coefficient (Wildman–Crippen LogP) is 6.95. The van der Waals surface area contributed by atoms with Gasteiger partial charge in [0, 0.05) is 0 Å². The molecule has 10 rings (SSSR count). The van der Waals surface area contributed by atoms with Crippen LogP contribution in [0.1, 0.15) is 12.8 Å². The minimum atomic E-state index is -1.15. The molecule has 0 aromatic rings. The van der Waals surface area contributed by atoms with Gasteiger partial charge >= 0.3 is 0 Å². The molecule has 0 aromatic carbocycles. The lowest BCUT2D eigenvalue weighted by Gasteiger charge is -2.59. The molecule has 0 N–H and O–H groups in total. The van der Waals surface area contributed by atoms with Crippen molar-refractivity contribution in [3.8, 4) is 0 Å². The molecule has 0 aromatic heterocycles. The van der Waals surface area contributed by atoms with E-state index in [1.165, 1.54) is 46.3 Å². The second kappa shape index (κ2) is 4.20. The van der Waals surface area contributed by atoms with Crippen molar-refractivity contribution in [2.45, 2.75) is 104 Å². The van der Waals surface area contributed by atoms with Crippen molar-refractivity contribution < 1.29 is 0 Å². The van der Waals surface area contributed by atoms with Crippen LogP contribution in [0.4, 0.5) is 0 Å². The Morgan fingerprint density at radius 1 is 0.750 bits per heavy atom. The Hall–Kier alpha value is 1.81. The largest absolute Gasteiger partial charge is 0.0789 e. The van der Waals surface area contributed by atoms with E-state index in [-0.39, 0.29) is 0 Å². The molecule has 154 valence electrons. The lowest BCUT2D eigenvalue weighted by atomic mass is 10.2. The second-order valence-corrected chi connectivity index (χ2v) is 43.8. The van der Waals surface area contributed by atoms with Crippen LogP contribution in [0.5, 0.6) is 0 Å². The Labute approximate surface area is 178 Å². The van der Waals surface area contributed by atoms with Crippen LogP contribution < -0.4 is 0 Å². The monoisotopic (exact) mass is 480 g/mol. The van der Waals surface area contributed by atoms with E-state index in [4.69, 9.17) is 0 Å². The fourth-order valence-electron chi connectivity index (χ4n) is 12.1. The molecule has 0 nitrogen and oxygen atoms in total. The first-order valence-corrected chi connectivity index (χ1v) is 28.1. The fraction of sp³-hybridized carbons (Fsp3) is 0.955. The van der Waals surface area contributed by atoms with Crippen molar-refractivity contribution in [3.63, 3.8) is 0 Å². The second-order valence-electron chi connectivity index (χ2n) is 15.0. The van der Waals surface area contributed by atoms with Crippen molar-refractivity contribution in [2.75, 3.05) is 0 Å². The maximum absolute atomic E-state index is 2.84. The third kappa shape index (κ3) is 1.26. The lowest BCUT2D eigenvalue weighted by Crippen LogP contribution is -2.48. The highest BCUT2D eigenvalue weighted by atomic mass is 32.1. The van der Waals surface area contributed by atoms with Crippen LogP contribution in [-0.2, 0) is 0 Å². The van der Waals surface area contributed by atoms with Crippen LogP contribution in [0.25, 0.3) is 0 Å². The summed E-state index contributed by atoms with van der Waals surface area (Å²) in [5.41, 5.74) is 5.34. The third-order valence-electron chi connectivity index (χ3n) is 11.6. The minimum Gasteiger partial charge on any atom is -0.0755 e. The average Bonchev–Trinajstić information content (AvgIpc) is 3.05. The van der Waals surface area contributed by atoms with Crippen LogP contribution in [0.3, 0.4) is 0 Å². The van der Waals surface area contributed by atoms with Gasteiger partial charge in [-0.3, -0.25) is 0 Å². The summed E-state index contributed by atoms with van der Waals surface area (Å²) in [7, 11) is -2.41. The van der Waals surface area contributed by atoms with Crippen molar-refractivity contribution >= 4 is 51.0 Å². The molecular weight excluding hydrogens is 441 g/mol. The van der Waals surface area contributed by atoms with Gasteiger partial charge in [0.2, 0.25) is 0 Å². The van der Waals surface area contributed by atoms with Gasteiger partial charge in [-0.05, 0) is 68.7 Å². The Morgan fingerprint density at radius 3 is 1.79 bits per heavy atom. The van der Waals surface area contributed by atoms with Crippen LogP contribution in [-0.4, -0.2) is 61.1 Å². The number of hydrogen-bond donors (Lipinski definition) is 0. The summed E-state index contributed by atoms with van der Waals surface area (Å²) in [6.07, 6.45) is 3.49. The van der Waals surface area contributed by atoms with Gasteiger partial charge in [0.1, 0.15) is 0 Å². The molecule has 1 spiro atoms. The van der Waals surface area contributed by atoms with E-state index in [0.717, 1.165) is 9.56 Å². The van der Waals surface area contributed by atoms with Crippen LogP contribution in [0.15, 0.2) is 0 Å². The smallest absolute Gasteiger partial charge is 0.0755 e. The molecule has 4 saturated carbocycles. The molecule has 5 saturated heterocycles. The highest BCUT2D eigenvalue weighted by Gasteiger charge is 3.01. The van der Waals surface area contributed by atoms with Gasteiger partial charge in [0.15, 0.2) is 0 Å². The van der Waals surface area contributed by atoms with E-state index in [9.17, 15) is 0 Å². The molecule has 0 radical (unpaired) electrons. The summed E-state index contributed by atoms with van der Waals surface area (Å²) < 4.78 is 4.59. The van der Waals surface area contributed by atoms with Gasteiger partial charge in [-0.15, -0.1) is 0 Å². The topological polar surface area (TPSA) is 0 Å². The summed E-state index contributed by atoms with van der Waals surface area (Å²) in [5.74, 6) is 5.15. The zero-order valence-electron chi connectivity index (χ0n) is 19.4. The van der Waals surface area contributed by atoms with E-state index >= 15 is 0 Å². The molecule has 10 aliphatic rings. The molecule has 4 aliphatic carbocycles. The van der Waals surface area contributed by atoms with E-state index in [1.807, 2.05) is 0 Å². The molecule has 9 fully saturated rings. The number of rotatable bonds is 3. The molecular formula is C22H39P3Si3. The fourth-order valence-corrected chi connectivity index (χ4v) is 69.6. The molecule has 6 heteroatoms. The van der Waals surface area contributed by atoms with E-state index < -0.39 is 30.8 Å². The highest BCUT2D eigenvalue weighted by molar-refractivity contribution is 8.48. The zero-order valence-corrected chi connectivity index (χ0v) is 25.1. The van der Waals surface area contributed by atoms with Crippen LogP contribution in [0.2, 0.25) is 58.9 Å². The molecule has 28 heavy (non-hydrogen) atoms. The minimum absolute atomic E-state index is 0.341. The van der Waals surface area contributed by atoms with Crippen molar-refractivity contribution in [3.05, 3.63) is 0 Å². The van der Waals surface area contributed by atoms with Gasteiger partial charge in [-0.2, -0.15) is 0 Å². The van der Waals surface area contributed by atoms with E-state index in [2.05, 4.69) is 63.6 Å². The molecule has 6 heterocycles. The quantitative estimate of drug-likeness (QED) is 0.303. The zero-order chi connectivity index (χ0) is 19.8. The lowest BCUT2D eigenvalue weighted by molar-refractivity contribution is 0.747. The summed E-state index contributed by atoms with van der Waals surface area (Å²) in [6, 6.07) is 0. The number of hydrogen-bond acceptors (Lipinski definition) is 0. The summed E-state index contributed by atoms with van der Waals surface area (Å²) in [6.45, 7) is 24.7. The van der Waals surface area contributed by atoms with Crippen molar-refractivity contribution in [1.29, 1.82) is 0 Å². The van der Waals surface area contributed by atoms with Gasteiger partial charge in [-0.1, -0.05) is 85.7 Å². The first-order valence-electron chi connectivity index (χ1n) is 12.2. The molecule has 0 amide bonds. The summed E-state index contributed by atoms with van der Waals surface area (Å²) in [5, 5.41) is 0. The van der Waals surface area contributed by atoms with Crippen LogP contribution in [0, 0.1) is 23.7 Å². The maximum Gasteiger partial charge on any atom is 0.0789 e. The van der Waals surface area contributed by atoms with Crippen molar-refractivity contribution in [2.24, 2.45) is 23.7 Å². The SMILES string of the molecule is C[Si](C)(C)C1=P2(C3C4CC5C3C5([Si](C)(C)C)P14)C1C3CC4C1C4([Si](C)(C)C)P32. The van der Waals surface area contributed by atoms with Gasteiger partial charge in [0.25, 0.3) is 0 Å². The Morgan fingerprint density at radius 2 is 1.25 bits per heavy atom. The highest BCUT2D eigenvalue weighted by Crippen LogP contribution is 3.21. The summed E-state index contributed by atoms with van der Waals surface area (Å²) in [4.78, 5) is 0. The average molecular weight is 481 g/mol.